The Morgan fingerprint density at radius 2 is 2.00 bits per heavy atom. The Bertz CT molecular complexity index is 1290. The molecule has 0 spiro atoms. The average molecular weight is 525 g/mol. The van der Waals surface area contributed by atoms with Gasteiger partial charge in [0.1, 0.15) is 0 Å². The van der Waals surface area contributed by atoms with Crippen LogP contribution >= 0.6 is 15.9 Å². The van der Waals surface area contributed by atoms with Gasteiger partial charge in [0.15, 0.2) is 0 Å². The molecule has 1 aliphatic rings. The van der Waals surface area contributed by atoms with Crippen molar-refractivity contribution in [3.05, 3.63) is 68.1 Å². The van der Waals surface area contributed by atoms with Crippen LogP contribution in [0.1, 0.15) is 42.0 Å². The van der Waals surface area contributed by atoms with Crippen LogP contribution in [0, 0.1) is 6.92 Å². The molecule has 2 N–H and O–H groups in total. The normalized spacial score (nSPS) is 17.9. The van der Waals surface area contributed by atoms with Crippen LogP contribution in [0.25, 0.3) is 10.8 Å². The van der Waals surface area contributed by atoms with Gasteiger partial charge in [0.2, 0.25) is 5.60 Å². The van der Waals surface area contributed by atoms with Gasteiger partial charge in [0.05, 0.1) is 11.1 Å². The summed E-state index contributed by atoms with van der Waals surface area (Å²) in [6.07, 6.45) is -4.23. The lowest BCUT2D eigenvalue weighted by molar-refractivity contribution is -0.252. The lowest BCUT2D eigenvalue weighted by atomic mass is 9.76. The number of aliphatic hydroxyl groups is 1. The number of aromatic nitrogens is 1. The highest BCUT2D eigenvalue weighted by molar-refractivity contribution is 9.10. The zero-order valence-electron chi connectivity index (χ0n) is 17.5. The largest absolute Gasteiger partial charge is 0.426 e. The third-order valence-electron chi connectivity index (χ3n) is 6.09. The number of alkyl halides is 3. The molecule has 2 unspecified atom stereocenters. The van der Waals surface area contributed by atoms with E-state index >= 15 is 0 Å². The first kappa shape index (κ1) is 23.4. The highest BCUT2D eigenvalue weighted by atomic mass is 79.9. The van der Waals surface area contributed by atoms with Crippen LogP contribution in [-0.2, 0) is 11.2 Å². The number of carbonyl (C=O) groups is 1. The maximum absolute atomic E-state index is 14.0. The van der Waals surface area contributed by atoms with Gasteiger partial charge in [-0.1, -0.05) is 33.2 Å². The van der Waals surface area contributed by atoms with Gasteiger partial charge >= 0.3 is 11.8 Å². The smallest absolute Gasteiger partial charge is 0.373 e. The average Bonchev–Trinajstić information content (AvgIpc) is 2.76. The fourth-order valence-electron chi connectivity index (χ4n) is 4.32. The Hall–Kier alpha value is -2.72. The number of nitrogens with one attached hydrogen (secondary N) is 1. The maximum atomic E-state index is 14.0. The van der Waals surface area contributed by atoms with E-state index in [0.717, 1.165) is 12.0 Å². The summed E-state index contributed by atoms with van der Waals surface area (Å²) in [6.45, 7) is 1.60. The number of aryl methyl sites for hydroxylation is 2. The fourth-order valence-corrected chi connectivity index (χ4v) is 4.70. The van der Waals surface area contributed by atoms with Gasteiger partial charge in [-0.05, 0) is 67.5 Å². The van der Waals surface area contributed by atoms with Gasteiger partial charge in [-0.2, -0.15) is 13.2 Å². The van der Waals surface area contributed by atoms with Crippen LogP contribution in [0.15, 0.2) is 50.2 Å². The second kappa shape index (κ2) is 8.57. The molecule has 1 aromatic heterocycles. The van der Waals surface area contributed by atoms with Gasteiger partial charge in [0, 0.05) is 22.0 Å². The van der Waals surface area contributed by atoms with Gasteiger partial charge in [-0.3, -0.25) is 4.79 Å². The number of hydrogen-bond acceptors (Lipinski definition) is 5. The highest BCUT2D eigenvalue weighted by Crippen LogP contribution is 2.44. The SMILES string of the molecule is Cc1noc(=O)c2cc(NC(=O)C(O)(CC3CCCc4ccc(Br)cc43)C(F)(F)F)ccc12. The van der Waals surface area contributed by atoms with E-state index in [4.69, 9.17) is 0 Å². The Morgan fingerprint density at radius 3 is 2.73 bits per heavy atom. The zero-order chi connectivity index (χ0) is 24.0. The molecule has 3 aromatic rings. The summed E-state index contributed by atoms with van der Waals surface area (Å²) in [5, 5.41) is 16.9. The molecule has 33 heavy (non-hydrogen) atoms. The summed E-state index contributed by atoms with van der Waals surface area (Å²) in [7, 11) is 0. The minimum atomic E-state index is -5.21. The second-order valence-corrected chi connectivity index (χ2v) is 9.18. The van der Waals surface area contributed by atoms with Crippen molar-refractivity contribution in [1.29, 1.82) is 0 Å². The molecule has 2 atom stereocenters. The monoisotopic (exact) mass is 524 g/mol. The molecule has 0 aliphatic heterocycles. The van der Waals surface area contributed by atoms with Crippen LogP contribution in [0.2, 0.25) is 0 Å². The number of anilines is 1. The lowest BCUT2D eigenvalue weighted by Gasteiger charge is -2.35. The first-order chi connectivity index (χ1) is 15.5. The van der Waals surface area contributed by atoms with Crippen molar-refractivity contribution in [2.45, 2.75) is 50.3 Å². The van der Waals surface area contributed by atoms with Gasteiger partial charge in [-0.15, -0.1) is 0 Å². The van der Waals surface area contributed by atoms with Crippen LogP contribution < -0.4 is 10.9 Å². The molecule has 0 radical (unpaired) electrons. The minimum absolute atomic E-state index is 0.0573. The van der Waals surface area contributed by atoms with Crippen molar-refractivity contribution in [1.82, 2.24) is 5.16 Å². The van der Waals surface area contributed by atoms with Crippen molar-refractivity contribution < 1.29 is 27.6 Å². The number of benzene rings is 2. The third-order valence-corrected chi connectivity index (χ3v) is 6.58. The molecule has 0 saturated carbocycles. The first-order valence-electron chi connectivity index (χ1n) is 10.3. The van der Waals surface area contributed by atoms with Crippen molar-refractivity contribution >= 4 is 38.3 Å². The number of nitrogens with zero attached hydrogens (tertiary/aromatic N) is 1. The summed E-state index contributed by atoms with van der Waals surface area (Å²) in [5.41, 5.74) is -2.47. The number of hydrogen-bond donors (Lipinski definition) is 2. The molecular formula is C23H20BrF3N2O4. The number of amides is 1. The lowest BCUT2D eigenvalue weighted by Crippen LogP contribution is -2.55. The van der Waals surface area contributed by atoms with Crippen molar-refractivity contribution in [3.63, 3.8) is 0 Å². The first-order valence-corrected chi connectivity index (χ1v) is 11.1. The molecule has 0 saturated heterocycles. The number of fused-ring (bicyclic) bond motifs is 2. The Labute approximate surface area is 194 Å². The Balaban J connectivity index is 1.66. The van der Waals surface area contributed by atoms with Gasteiger partial charge in [0.25, 0.3) is 5.91 Å². The second-order valence-electron chi connectivity index (χ2n) is 8.26. The van der Waals surface area contributed by atoms with Crippen LogP contribution in [0.3, 0.4) is 0 Å². The molecule has 0 bridgehead atoms. The van der Waals surface area contributed by atoms with Crippen LogP contribution in [-0.4, -0.2) is 27.9 Å². The molecule has 10 heteroatoms. The van der Waals surface area contributed by atoms with E-state index in [-0.39, 0.29) is 11.1 Å². The van der Waals surface area contributed by atoms with E-state index in [1.165, 1.54) is 18.2 Å². The number of halogens is 4. The minimum Gasteiger partial charge on any atom is -0.373 e. The molecule has 2 aromatic carbocycles. The molecule has 1 aliphatic carbocycles. The van der Waals surface area contributed by atoms with Gasteiger partial charge in [-0.25, -0.2) is 4.79 Å². The van der Waals surface area contributed by atoms with E-state index in [9.17, 15) is 27.9 Å². The summed E-state index contributed by atoms with van der Waals surface area (Å²) in [4.78, 5) is 24.8. The maximum Gasteiger partial charge on any atom is 0.426 e. The molecule has 174 valence electrons. The summed E-state index contributed by atoms with van der Waals surface area (Å²) >= 11 is 3.34. The highest BCUT2D eigenvalue weighted by Gasteiger charge is 2.60. The molecule has 6 nitrogen and oxygen atoms in total. The number of carbonyl (C=O) groups excluding carboxylic acids is 1. The van der Waals surface area contributed by atoms with Crippen LogP contribution in [0.4, 0.5) is 18.9 Å². The Kier molecular flexibility index (Phi) is 6.09. The standard InChI is InChI=1S/C23H20BrF3N2O4/c1-12-17-8-7-16(10-19(17)20(30)33-29-12)28-21(31)22(32,23(25,26)27)11-14-4-2-3-13-5-6-15(24)9-18(13)14/h5-10,14,32H,2-4,11H2,1H3,(H,28,31). The van der Waals surface area contributed by atoms with E-state index in [2.05, 4.69) is 30.9 Å². The van der Waals surface area contributed by atoms with Crippen molar-refractivity contribution in [3.8, 4) is 0 Å². The summed E-state index contributed by atoms with van der Waals surface area (Å²) < 4.78 is 47.5. The number of rotatable bonds is 4. The molecule has 1 heterocycles. The predicted molar refractivity (Wildman–Crippen MR) is 119 cm³/mol. The van der Waals surface area contributed by atoms with E-state index in [0.29, 0.717) is 34.0 Å². The predicted octanol–water partition coefficient (Wildman–Crippen LogP) is 5.00. The Morgan fingerprint density at radius 1 is 1.24 bits per heavy atom. The van der Waals surface area contributed by atoms with Gasteiger partial charge < -0.3 is 14.9 Å². The zero-order valence-corrected chi connectivity index (χ0v) is 19.1. The van der Waals surface area contributed by atoms with Crippen molar-refractivity contribution in [2.75, 3.05) is 5.32 Å². The van der Waals surface area contributed by atoms with Crippen molar-refractivity contribution in [2.24, 2.45) is 0 Å². The molecule has 4 rings (SSSR count). The molecule has 0 fully saturated rings. The fraction of sp³-hybridized carbons (Fsp3) is 0.348. The molecular weight excluding hydrogens is 505 g/mol. The molecule has 1 amide bonds. The van der Waals surface area contributed by atoms with E-state index in [1.807, 2.05) is 12.1 Å². The topological polar surface area (TPSA) is 92.4 Å². The quantitative estimate of drug-likeness (QED) is 0.500. The summed E-state index contributed by atoms with van der Waals surface area (Å²) in [6, 6.07) is 9.40. The van der Waals surface area contributed by atoms with E-state index in [1.54, 1.807) is 13.0 Å². The summed E-state index contributed by atoms with van der Waals surface area (Å²) in [5.74, 6) is -2.26. The van der Waals surface area contributed by atoms with E-state index < -0.39 is 35.6 Å². The third kappa shape index (κ3) is 4.41. The van der Waals surface area contributed by atoms with Crippen LogP contribution in [0.5, 0.6) is 0 Å².